The van der Waals surface area contributed by atoms with Gasteiger partial charge in [0.05, 0.1) is 5.69 Å². The molecule has 0 aliphatic heterocycles. The number of fused-ring (bicyclic) bond motifs is 3. The van der Waals surface area contributed by atoms with Crippen LogP contribution in [-0.2, 0) is 5.41 Å². The molecule has 1 heterocycles. The maximum atomic E-state index is 7.09. The molecule has 0 spiro atoms. The summed E-state index contributed by atoms with van der Waals surface area (Å²) < 4.78 is 7.09. The van der Waals surface area contributed by atoms with E-state index in [-0.39, 0.29) is 5.41 Å². The molecule has 0 fully saturated rings. The fourth-order valence-corrected chi connectivity index (χ4v) is 8.06. The van der Waals surface area contributed by atoms with Gasteiger partial charge in [0.25, 0.3) is 0 Å². The topological polar surface area (TPSA) is 16.4 Å². The number of hydrogen-bond acceptors (Lipinski definition) is 2. The zero-order chi connectivity index (χ0) is 34.7. The SMILES string of the molecule is Bc1c(B)c(B)c(N(c2ccc(-c3ccccc3)cc2)c2ccccc2-c2c(-c3ccccc3)oc3c2-c2ccccc2C3(C)C)c(B)c1B. The highest BCUT2D eigenvalue weighted by Gasteiger charge is 2.43. The van der Waals surface area contributed by atoms with Gasteiger partial charge in [-0.2, -0.15) is 0 Å². The third kappa shape index (κ3) is 4.94. The number of furan rings is 1. The molecule has 0 bridgehead atoms. The minimum Gasteiger partial charge on any atom is -0.459 e. The van der Waals surface area contributed by atoms with Crippen LogP contribution >= 0.6 is 0 Å². The molecule has 1 aromatic heterocycles. The molecule has 236 valence electrons. The van der Waals surface area contributed by atoms with Crippen LogP contribution < -0.4 is 32.2 Å². The van der Waals surface area contributed by atoms with E-state index in [9.17, 15) is 0 Å². The van der Waals surface area contributed by atoms with Gasteiger partial charge in [-0.3, -0.25) is 0 Å². The highest BCUT2D eigenvalue weighted by molar-refractivity contribution is 6.69. The molecule has 2 nitrogen and oxygen atoms in total. The van der Waals surface area contributed by atoms with Gasteiger partial charge in [0.2, 0.25) is 0 Å². The van der Waals surface area contributed by atoms with Gasteiger partial charge in [0.1, 0.15) is 50.8 Å². The van der Waals surface area contributed by atoms with E-state index in [0.29, 0.717) is 0 Å². The Morgan fingerprint density at radius 3 is 1.62 bits per heavy atom. The summed E-state index contributed by atoms with van der Waals surface area (Å²) in [4.78, 5) is 2.49. The second kappa shape index (κ2) is 12.2. The molecule has 0 amide bonds. The maximum absolute atomic E-state index is 7.09. The Kier molecular flexibility index (Phi) is 7.83. The van der Waals surface area contributed by atoms with E-state index in [0.717, 1.165) is 39.6 Å². The van der Waals surface area contributed by atoms with Crippen molar-refractivity contribution in [2.24, 2.45) is 0 Å². The molecule has 1 aliphatic rings. The Labute approximate surface area is 300 Å². The first-order valence-electron chi connectivity index (χ1n) is 17.6. The van der Waals surface area contributed by atoms with E-state index in [2.05, 4.69) is 191 Å². The van der Waals surface area contributed by atoms with Crippen LogP contribution in [0.15, 0.2) is 138 Å². The molecule has 50 heavy (non-hydrogen) atoms. The summed E-state index contributed by atoms with van der Waals surface area (Å²) in [5.74, 6) is 1.94. The molecule has 0 atom stereocenters. The highest BCUT2D eigenvalue weighted by Crippen LogP contribution is 2.58. The molecular formula is C43H38B5NO. The average Bonchev–Trinajstić information content (AvgIpc) is 3.66. The zero-order valence-electron chi connectivity index (χ0n) is 30.1. The number of nitrogens with zero attached hydrogens (tertiary/aromatic N) is 1. The Bertz CT molecular complexity index is 2370. The molecule has 0 unspecified atom stereocenters. The second-order valence-corrected chi connectivity index (χ2v) is 14.3. The van der Waals surface area contributed by atoms with Crippen molar-refractivity contribution in [3.63, 3.8) is 0 Å². The molecule has 0 radical (unpaired) electrons. The van der Waals surface area contributed by atoms with Crippen molar-refractivity contribution in [3.05, 3.63) is 145 Å². The van der Waals surface area contributed by atoms with Crippen LogP contribution in [0, 0.1) is 0 Å². The molecule has 0 saturated heterocycles. The Morgan fingerprint density at radius 1 is 0.480 bits per heavy atom. The fraction of sp³-hybridized carbons (Fsp3) is 0.0698. The molecular weight excluding hydrogens is 601 g/mol. The molecule has 7 heteroatoms. The zero-order valence-corrected chi connectivity index (χ0v) is 30.1. The maximum Gasteiger partial charge on any atom is 0.142 e. The first-order chi connectivity index (χ1) is 24.2. The quantitative estimate of drug-likeness (QED) is 0.260. The molecule has 7 aromatic rings. The third-order valence-electron chi connectivity index (χ3n) is 11.2. The smallest absolute Gasteiger partial charge is 0.142 e. The summed E-state index contributed by atoms with van der Waals surface area (Å²) in [5, 5.41) is 0. The molecule has 6 aromatic carbocycles. The second-order valence-electron chi connectivity index (χ2n) is 14.3. The predicted molar refractivity (Wildman–Crippen MR) is 228 cm³/mol. The molecule has 0 N–H and O–H groups in total. The van der Waals surface area contributed by atoms with Gasteiger partial charge in [-0.15, -0.1) is 5.46 Å². The summed E-state index contributed by atoms with van der Waals surface area (Å²) in [5.41, 5.74) is 19.3. The summed E-state index contributed by atoms with van der Waals surface area (Å²) >= 11 is 0. The number of benzene rings is 6. The first-order valence-corrected chi connectivity index (χ1v) is 17.6. The molecule has 8 rings (SSSR count). The van der Waals surface area contributed by atoms with Gasteiger partial charge < -0.3 is 9.32 Å². The van der Waals surface area contributed by atoms with Crippen LogP contribution in [0.4, 0.5) is 17.1 Å². The van der Waals surface area contributed by atoms with Crippen LogP contribution in [0.25, 0.3) is 44.7 Å². The Morgan fingerprint density at radius 2 is 0.980 bits per heavy atom. The van der Waals surface area contributed by atoms with Crippen LogP contribution in [0.2, 0.25) is 0 Å². The lowest BCUT2D eigenvalue weighted by Gasteiger charge is -2.33. The first kappa shape index (κ1) is 32.0. The standard InChI is InChI=1S/C43H38B5NO/c1-43(2)31-19-11-9-17-29(31)34-33(41(50-42(34)43)27-15-7-4-8-16-27)30-18-10-12-20-32(30)49(40-38(47)36(45)35(44)37(46)39(40)48)28-23-21-26(22-24-28)25-13-5-3-6-14-25/h3-24H,44-48H2,1-2H3. The summed E-state index contributed by atoms with van der Waals surface area (Å²) in [7, 11) is 11.3. The highest BCUT2D eigenvalue weighted by atomic mass is 16.3. The fourth-order valence-electron chi connectivity index (χ4n) is 8.06. The normalized spacial score (nSPS) is 12.8. The lowest BCUT2D eigenvalue weighted by Crippen LogP contribution is -2.56. The minimum atomic E-state index is -0.270. The predicted octanol–water partition coefficient (Wildman–Crippen LogP) is 3.35. The van der Waals surface area contributed by atoms with E-state index < -0.39 is 0 Å². The van der Waals surface area contributed by atoms with Gasteiger partial charge in [-0.25, -0.2) is 0 Å². The van der Waals surface area contributed by atoms with E-state index in [4.69, 9.17) is 4.42 Å². The molecule has 1 aliphatic carbocycles. The van der Waals surface area contributed by atoms with E-state index in [1.807, 2.05) is 0 Å². The lowest BCUT2D eigenvalue weighted by atomic mass is 9.61. The van der Waals surface area contributed by atoms with Crippen molar-refractivity contribution < 1.29 is 4.42 Å². The summed E-state index contributed by atoms with van der Waals surface area (Å²) in [6.07, 6.45) is 0. The van der Waals surface area contributed by atoms with E-state index in [1.54, 1.807) is 0 Å². The van der Waals surface area contributed by atoms with Gasteiger partial charge in [-0.1, -0.05) is 137 Å². The van der Waals surface area contributed by atoms with E-state index in [1.165, 1.54) is 60.8 Å². The average molecular weight is 639 g/mol. The summed E-state index contributed by atoms with van der Waals surface area (Å²) in [6.45, 7) is 4.58. The van der Waals surface area contributed by atoms with Crippen LogP contribution in [0.1, 0.15) is 25.2 Å². The van der Waals surface area contributed by atoms with Gasteiger partial charge >= 0.3 is 0 Å². The monoisotopic (exact) mass is 639 g/mol. The van der Waals surface area contributed by atoms with E-state index >= 15 is 0 Å². The van der Waals surface area contributed by atoms with Crippen LogP contribution in [0.5, 0.6) is 0 Å². The lowest BCUT2D eigenvalue weighted by molar-refractivity contribution is 0.448. The van der Waals surface area contributed by atoms with Crippen LogP contribution in [0.3, 0.4) is 0 Å². The Balaban J connectivity index is 1.44. The number of anilines is 3. The van der Waals surface area contributed by atoms with Gasteiger partial charge in [-0.05, 0) is 54.3 Å². The van der Waals surface area contributed by atoms with Crippen molar-refractivity contribution >= 4 is 83.6 Å². The summed E-state index contributed by atoms with van der Waals surface area (Å²) in [6, 6.07) is 48.0. The van der Waals surface area contributed by atoms with Gasteiger partial charge in [0, 0.05) is 39.0 Å². The van der Waals surface area contributed by atoms with Crippen LogP contribution in [-0.4, -0.2) is 39.2 Å². The van der Waals surface area contributed by atoms with Gasteiger partial charge in [0.15, 0.2) is 0 Å². The number of hydrogen-bond donors (Lipinski definition) is 0. The number of rotatable bonds is 6. The Hall–Kier alpha value is -5.28. The van der Waals surface area contributed by atoms with Crippen molar-refractivity contribution in [2.75, 3.05) is 4.90 Å². The minimum absolute atomic E-state index is 0.270. The largest absolute Gasteiger partial charge is 0.459 e. The van der Waals surface area contributed by atoms with Crippen molar-refractivity contribution in [2.45, 2.75) is 19.3 Å². The molecule has 0 saturated carbocycles. The van der Waals surface area contributed by atoms with Crippen molar-refractivity contribution in [3.8, 4) is 44.7 Å². The van der Waals surface area contributed by atoms with Crippen molar-refractivity contribution in [1.82, 2.24) is 0 Å². The third-order valence-corrected chi connectivity index (χ3v) is 11.2. The number of para-hydroxylation sites is 1. The van der Waals surface area contributed by atoms with Crippen molar-refractivity contribution in [1.29, 1.82) is 0 Å².